The number of ketones is 2. The highest BCUT2D eigenvalue weighted by Gasteiger charge is 2.07. The largest absolute Gasteiger partial charge is 0.504 e. The zero-order valence-electron chi connectivity index (χ0n) is 17.8. The lowest BCUT2D eigenvalue weighted by Gasteiger charge is -2.03. The van der Waals surface area contributed by atoms with E-state index in [9.17, 15) is 14.7 Å². The Bertz CT molecular complexity index is 824. The standard InChI is InChI=1S/C26H32O4/c1-30-26-19-22(16-18-25(26)29)15-17-24(28)20-23(27)14-10-5-3-2-4-7-11-21-12-8-6-9-13-21/h6,8-9,12-13,15-19,29H,2-5,7,10-11,14,20H2,1H3. The Morgan fingerprint density at radius 2 is 1.63 bits per heavy atom. The predicted octanol–water partition coefficient (Wildman–Crippen LogP) is 5.92. The van der Waals surface area contributed by atoms with Gasteiger partial charge < -0.3 is 9.84 Å². The van der Waals surface area contributed by atoms with Gasteiger partial charge in [-0.15, -0.1) is 0 Å². The van der Waals surface area contributed by atoms with Crippen molar-refractivity contribution in [3.63, 3.8) is 0 Å². The van der Waals surface area contributed by atoms with Crippen LogP contribution in [-0.4, -0.2) is 23.8 Å². The molecule has 0 amide bonds. The highest BCUT2D eigenvalue weighted by Crippen LogP contribution is 2.26. The maximum absolute atomic E-state index is 12.0. The Balaban J connectivity index is 1.54. The van der Waals surface area contributed by atoms with E-state index in [-0.39, 0.29) is 23.7 Å². The van der Waals surface area contributed by atoms with Gasteiger partial charge in [0.2, 0.25) is 0 Å². The molecule has 0 aliphatic carbocycles. The molecule has 0 fully saturated rings. The van der Waals surface area contributed by atoms with Gasteiger partial charge >= 0.3 is 0 Å². The van der Waals surface area contributed by atoms with Crippen molar-refractivity contribution >= 4 is 17.6 Å². The van der Waals surface area contributed by atoms with Crippen LogP contribution < -0.4 is 4.74 Å². The number of carbonyl (C=O) groups excluding carboxylic acids is 2. The van der Waals surface area contributed by atoms with Crippen LogP contribution in [0.3, 0.4) is 0 Å². The van der Waals surface area contributed by atoms with Crippen molar-refractivity contribution < 1.29 is 19.4 Å². The summed E-state index contributed by atoms with van der Waals surface area (Å²) in [4.78, 5) is 24.0. The third-order valence-electron chi connectivity index (χ3n) is 5.05. The molecule has 0 saturated heterocycles. The van der Waals surface area contributed by atoms with Gasteiger partial charge in [-0.3, -0.25) is 9.59 Å². The van der Waals surface area contributed by atoms with Crippen LogP contribution in [0.5, 0.6) is 11.5 Å². The van der Waals surface area contributed by atoms with Gasteiger partial charge in [0.1, 0.15) is 5.78 Å². The number of aromatic hydroxyl groups is 1. The first kappa shape index (κ1) is 23.4. The summed E-state index contributed by atoms with van der Waals surface area (Å²) < 4.78 is 5.04. The van der Waals surface area contributed by atoms with E-state index in [0.29, 0.717) is 12.2 Å². The fourth-order valence-electron chi connectivity index (χ4n) is 3.33. The summed E-state index contributed by atoms with van der Waals surface area (Å²) >= 11 is 0. The zero-order chi connectivity index (χ0) is 21.6. The Kier molecular flexibility index (Phi) is 10.4. The molecule has 4 nitrogen and oxygen atoms in total. The van der Waals surface area contributed by atoms with Gasteiger partial charge in [-0.05, 0) is 48.6 Å². The minimum atomic E-state index is -0.201. The first-order chi connectivity index (χ1) is 14.6. The number of methoxy groups -OCH3 is 1. The summed E-state index contributed by atoms with van der Waals surface area (Å²) in [5.41, 5.74) is 2.13. The van der Waals surface area contributed by atoms with Crippen molar-refractivity contribution in [1.29, 1.82) is 0 Å². The van der Waals surface area contributed by atoms with Crippen LogP contribution >= 0.6 is 0 Å². The molecule has 0 spiro atoms. The molecule has 0 aliphatic heterocycles. The average Bonchev–Trinajstić information content (AvgIpc) is 2.75. The first-order valence-corrected chi connectivity index (χ1v) is 10.7. The highest BCUT2D eigenvalue weighted by atomic mass is 16.5. The molecule has 0 radical (unpaired) electrons. The number of ether oxygens (including phenoxy) is 1. The molecule has 0 aliphatic rings. The van der Waals surface area contributed by atoms with Crippen molar-refractivity contribution in [2.24, 2.45) is 0 Å². The number of phenolic OH excluding ortho intramolecular Hbond substituents is 1. The van der Waals surface area contributed by atoms with E-state index >= 15 is 0 Å². The SMILES string of the molecule is COc1cc(C=CC(=O)CC(=O)CCCCCCCCc2ccccc2)ccc1O. The molecule has 0 bridgehead atoms. The van der Waals surface area contributed by atoms with Gasteiger partial charge in [-0.25, -0.2) is 0 Å². The number of unbranched alkanes of at least 4 members (excludes halogenated alkanes) is 5. The lowest BCUT2D eigenvalue weighted by molar-refractivity contribution is -0.124. The van der Waals surface area contributed by atoms with Crippen LogP contribution in [0.1, 0.15) is 62.5 Å². The van der Waals surface area contributed by atoms with E-state index < -0.39 is 0 Å². The van der Waals surface area contributed by atoms with Crippen LogP contribution in [0.2, 0.25) is 0 Å². The smallest absolute Gasteiger partial charge is 0.163 e. The molecule has 0 atom stereocenters. The number of Topliss-reactive ketones (excluding diaryl/α,β-unsaturated/α-hetero) is 1. The number of aryl methyl sites for hydroxylation is 1. The van der Waals surface area contributed by atoms with Gasteiger partial charge in [-0.1, -0.05) is 68.2 Å². The molecule has 1 N–H and O–H groups in total. The average molecular weight is 409 g/mol. The number of rotatable bonds is 14. The lowest BCUT2D eigenvalue weighted by Crippen LogP contribution is -2.05. The molecule has 2 aromatic carbocycles. The Hall–Kier alpha value is -2.88. The second-order valence-electron chi connectivity index (χ2n) is 7.55. The number of carbonyl (C=O) groups is 2. The fourth-order valence-corrected chi connectivity index (χ4v) is 3.33. The van der Waals surface area contributed by atoms with Crippen molar-refractivity contribution in [3.8, 4) is 11.5 Å². The van der Waals surface area contributed by atoms with E-state index in [1.54, 1.807) is 18.2 Å². The van der Waals surface area contributed by atoms with Gasteiger partial charge in [0.25, 0.3) is 0 Å². The number of hydrogen-bond acceptors (Lipinski definition) is 4. The van der Waals surface area contributed by atoms with E-state index in [0.717, 1.165) is 31.2 Å². The second kappa shape index (κ2) is 13.4. The summed E-state index contributed by atoms with van der Waals surface area (Å²) in [6.07, 6.45) is 11.2. The molecular formula is C26H32O4. The van der Waals surface area contributed by atoms with Crippen LogP contribution in [0, 0.1) is 0 Å². The van der Waals surface area contributed by atoms with Gasteiger partial charge in [0.15, 0.2) is 17.3 Å². The summed E-state index contributed by atoms with van der Waals surface area (Å²) in [6, 6.07) is 15.4. The van der Waals surface area contributed by atoms with Crippen LogP contribution in [0.4, 0.5) is 0 Å². The van der Waals surface area contributed by atoms with Crippen molar-refractivity contribution in [3.05, 3.63) is 65.7 Å². The third-order valence-corrected chi connectivity index (χ3v) is 5.05. The minimum absolute atomic E-state index is 0.00276. The van der Waals surface area contributed by atoms with Gasteiger partial charge in [0, 0.05) is 6.42 Å². The zero-order valence-corrected chi connectivity index (χ0v) is 17.8. The number of benzene rings is 2. The van der Waals surface area contributed by atoms with Crippen LogP contribution in [0.15, 0.2) is 54.6 Å². The van der Waals surface area contributed by atoms with E-state index in [2.05, 4.69) is 24.3 Å². The Labute approximate surface area is 179 Å². The normalized spacial score (nSPS) is 11.0. The second-order valence-corrected chi connectivity index (χ2v) is 7.55. The Morgan fingerprint density at radius 3 is 2.37 bits per heavy atom. The molecule has 0 unspecified atom stereocenters. The molecule has 0 aromatic heterocycles. The number of phenols is 1. The molecule has 0 saturated carbocycles. The quantitative estimate of drug-likeness (QED) is 0.240. The topological polar surface area (TPSA) is 63.6 Å². The fraction of sp³-hybridized carbons (Fsp3) is 0.385. The maximum atomic E-state index is 12.0. The van der Waals surface area contributed by atoms with Crippen LogP contribution in [-0.2, 0) is 16.0 Å². The number of allylic oxidation sites excluding steroid dienone is 1. The van der Waals surface area contributed by atoms with Crippen LogP contribution in [0.25, 0.3) is 6.08 Å². The van der Waals surface area contributed by atoms with Crippen molar-refractivity contribution in [2.45, 2.75) is 57.8 Å². The highest BCUT2D eigenvalue weighted by molar-refractivity contribution is 6.06. The summed E-state index contributed by atoms with van der Waals surface area (Å²) in [5, 5.41) is 9.58. The molecule has 30 heavy (non-hydrogen) atoms. The molecule has 2 aromatic rings. The van der Waals surface area contributed by atoms with Crippen molar-refractivity contribution in [2.75, 3.05) is 7.11 Å². The van der Waals surface area contributed by atoms with Crippen molar-refractivity contribution in [1.82, 2.24) is 0 Å². The lowest BCUT2D eigenvalue weighted by atomic mass is 10.0. The molecular weight excluding hydrogens is 376 g/mol. The van der Waals surface area contributed by atoms with Gasteiger partial charge in [-0.2, -0.15) is 0 Å². The predicted molar refractivity (Wildman–Crippen MR) is 121 cm³/mol. The molecule has 0 heterocycles. The molecule has 2 rings (SSSR count). The first-order valence-electron chi connectivity index (χ1n) is 10.7. The van der Waals surface area contributed by atoms with E-state index in [1.807, 2.05) is 6.07 Å². The van der Waals surface area contributed by atoms with E-state index in [4.69, 9.17) is 4.74 Å². The Morgan fingerprint density at radius 1 is 0.933 bits per heavy atom. The maximum Gasteiger partial charge on any atom is 0.163 e. The summed E-state index contributed by atoms with van der Waals surface area (Å²) in [6.45, 7) is 0. The van der Waals surface area contributed by atoms with Gasteiger partial charge in [0.05, 0.1) is 13.5 Å². The minimum Gasteiger partial charge on any atom is -0.504 e. The molecule has 4 heteroatoms. The molecule has 160 valence electrons. The summed E-state index contributed by atoms with van der Waals surface area (Å²) in [7, 11) is 1.47. The third kappa shape index (κ3) is 9.08. The monoisotopic (exact) mass is 408 g/mol. The summed E-state index contributed by atoms with van der Waals surface area (Å²) in [5.74, 6) is 0.193. The van der Waals surface area contributed by atoms with E-state index in [1.165, 1.54) is 44.1 Å². The number of hydrogen-bond donors (Lipinski definition) is 1.